The summed E-state index contributed by atoms with van der Waals surface area (Å²) < 4.78 is 10.6. The largest absolute Gasteiger partial charge is 0.497 e. The number of methoxy groups -OCH3 is 2. The molecule has 0 spiro atoms. The highest BCUT2D eigenvalue weighted by molar-refractivity contribution is 5.93. The molecule has 27 heavy (non-hydrogen) atoms. The molecule has 1 aromatic carbocycles. The van der Waals surface area contributed by atoms with Gasteiger partial charge in [0.15, 0.2) is 0 Å². The summed E-state index contributed by atoms with van der Waals surface area (Å²) in [4.78, 5) is 21.4. The molecule has 2 N–H and O–H groups in total. The lowest BCUT2D eigenvalue weighted by Gasteiger charge is -2.22. The first kappa shape index (κ1) is 18.9. The summed E-state index contributed by atoms with van der Waals surface area (Å²) in [6, 6.07) is 7.34. The van der Waals surface area contributed by atoms with E-state index < -0.39 is 0 Å². The highest BCUT2D eigenvalue weighted by atomic mass is 16.5. The molecule has 7 heteroatoms. The van der Waals surface area contributed by atoms with Crippen molar-refractivity contribution in [2.75, 3.05) is 19.5 Å². The van der Waals surface area contributed by atoms with Gasteiger partial charge < -0.3 is 20.1 Å². The maximum atomic E-state index is 12.6. The van der Waals surface area contributed by atoms with Crippen LogP contribution >= 0.6 is 0 Å². The molecule has 0 aliphatic heterocycles. The Morgan fingerprint density at radius 3 is 2.56 bits per heavy atom. The second-order valence-corrected chi connectivity index (χ2v) is 6.72. The number of anilines is 2. The van der Waals surface area contributed by atoms with E-state index in [1.54, 1.807) is 32.4 Å². The molecule has 0 bridgehead atoms. The second-order valence-electron chi connectivity index (χ2n) is 6.72. The van der Waals surface area contributed by atoms with E-state index in [1.807, 2.05) is 13.0 Å². The molecular formula is C20H26N4O3. The minimum atomic E-state index is -0.159. The summed E-state index contributed by atoms with van der Waals surface area (Å²) in [5.41, 5.74) is 1.74. The van der Waals surface area contributed by atoms with Crippen LogP contribution in [0, 0.1) is 6.92 Å². The SMILES string of the molecule is COc1ccc(OC)c(Nc2nc(C)cc(C(=O)NC3CCCCC3)n2)c1. The third-order valence-corrected chi connectivity index (χ3v) is 4.68. The fourth-order valence-electron chi connectivity index (χ4n) is 3.28. The van der Waals surface area contributed by atoms with E-state index in [0.717, 1.165) is 25.7 Å². The molecule has 1 heterocycles. The number of rotatable bonds is 6. The molecule has 3 rings (SSSR count). The third-order valence-electron chi connectivity index (χ3n) is 4.68. The molecule has 2 aromatic rings. The van der Waals surface area contributed by atoms with Crippen LogP contribution in [0.2, 0.25) is 0 Å². The molecule has 7 nitrogen and oxygen atoms in total. The minimum Gasteiger partial charge on any atom is -0.497 e. The average Bonchev–Trinajstić information content (AvgIpc) is 2.68. The number of hydrogen-bond donors (Lipinski definition) is 2. The van der Waals surface area contributed by atoms with Gasteiger partial charge in [-0.2, -0.15) is 0 Å². The van der Waals surface area contributed by atoms with Gasteiger partial charge in [-0.25, -0.2) is 9.97 Å². The van der Waals surface area contributed by atoms with Crippen molar-refractivity contribution in [2.45, 2.75) is 45.1 Å². The Balaban J connectivity index is 1.80. The zero-order chi connectivity index (χ0) is 19.2. The molecule has 1 saturated carbocycles. The van der Waals surface area contributed by atoms with Crippen molar-refractivity contribution in [3.05, 3.63) is 35.7 Å². The van der Waals surface area contributed by atoms with Crippen molar-refractivity contribution in [2.24, 2.45) is 0 Å². The summed E-state index contributed by atoms with van der Waals surface area (Å²) in [5, 5.41) is 6.22. The van der Waals surface area contributed by atoms with Crippen LogP contribution in [0.1, 0.15) is 48.3 Å². The molecule has 0 saturated heterocycles. The van der Waals surface area contributed by atoms with E-state index in [9.17, 15) is 4.79 Å². The summed E-state index contributed by atoms with van der Waals surface area (Å²) >= 11 is 0. The monoisotopic (exact) mass is 370 g/mol. The summed E-state index contributed by atoms with van der Waals surface area (Å²) in [7, 11) is 3.19. The van der Waals surface area contributed by atoms with Gasteiger partial charge in [0, 0.05) is 17.8 Å². The van der Waals surface area contributed by atoms with Gasteiger partial charge in [-0.05, 0) is 38.0 Å². The fourth-order valence-corrected chi connectivity index (χ4v) is 3.28. The van der Waals surface area contributed by atoms with Gasteiger partial charge in [0.25, 0.3) is 5.91 Å². The van der Waals surface area contributed by atoms with E-state index in [0.29, 0.717) is 34.5 Å². The number of benzene rings is 1. The summed E-state index contributed by atoms with van der Waals surface area (Å²) in [6.45, 7) is 1.84. The Kier molecular flexibility index (Phi) is 6.11. The predicted molar refractivity (Wildman–Crippen MR) is 104 cm³/mol. The third kappa shape index (κ3) is 4.87. The lowest BCUT2D eigenvalue weighted by molar-refractivity contribution is 0.0922. The zero-order valence-corrected chi connectivity index (χ0v) is 16.0. The number of amides is 1. The Morgan fingerprint density at radius 2 is 1.85 bits per heavy atom. The number of aryl methyl sites for hydroxylation is 1. The van der Waals surface area contributed by atoms with E-state index in [2.05, 4.69) is 20.6 Å². The summed E-state index contributed by atoms with van der Waals surface area (Å²) in [6.07, 6.45) is 5.63. The van der Waals surface area contributed by atoms with Crippen LogP contribution in [-0.2, 0) is 0 Å². The number of carbonyl (C=O) groups excluding carboxylic acids is 1. The van der Waals surface area contributed by atoms with Crippen molar-refractivity contribution in [3.63, 3.8) is 0 Å². The van der Waals surface area contributed by atoms with Crippen molar-refractivity contribution < 1.29 is 14.3 Å². The number of carbonyl (C=O) groups is 1. The Morgan fingerprint density at radius 1 is 1.07 bits per heavy atom. The molecule has 1 amide bonds. The molecule has 1 aromatic heterocycles. The van der Waals surface area contributed by atoms with Gasteiger partial charge in [-0.3, -0.25) is 4.79 Å². The van der Waals surface area contributed by atoms with Crippen LogP contribution in [0.25, 0.3) is 0 Å². The van der Waals surface area contributed by atoms with Crippen molar-refractivity contribution in [3.8, 4) is 11.5 Å². The Hall–Kier alpha value is -2.83. The molecule has 1 aliphatic carbocycles. The number of aromatic nitrogens is 2. The maximum Gasteiger partial charge on any atom is 0.270 e. The van der Waals surface area contributed by atoms with E-state index in [1.165, 1.54) is 6.42 Å². The van der Waals surface area contributed by atoms with Gasteiger partial charge in [0.05, 0.1) is 19.9 Å². The van der Waals surface area contributed by atoms with Crippen LogP contribution in [0.15, 0.2) is 24.3 Å². The highest BCUT2D eigenvalue weighted by Crippen LogP contribution is 2.30. The van der Waals surface area contributed by atoms with E-state index >= 15 is 0 Å². The predicted octanol–water partition coefficient (Wildman–Crippen LogP) is 3.61. The lowest BCUT2D eigenvalue weighted by Crippen LogP contribution is -2.36. The maximum absolute atomic E-state index is 12.6. The smallest absolute Gasteiger partial charge is 0.270 e. The zero-order valence-electron chi connectivity index (χ0n) is 16.0. The quantitative estimate of drug-likeness (QED) is 0.808. The first-order chi connectivity index (χ1) is 13.1. The van der Waals surface area contributed by atoms with Crippen molar-refractivity contribution in [1.82, 2.24) is 15.3 Å². The van der Waals surface area contributed by atoms with E-state index in [-0.39, 0.29) is 11.9 Å². The molecule has 0 unspecified atom stereocenters. The summed E-state index contributed by atoms with van der Waals surface area (Å²) in [5.74, 6) is 1.50. The van der Waals surface area contributed by atoms with Crippen LogP contribution in [0.3, 0.4) is 0 Å². The van der Waals surface area contributed by atoms with Gasteiger partial charge in [-0.1, -0.05) is 19.3 Å². The lowest BCUT2D eigenvalue weighted by atomic mass is 9.95. The number of ether oxygens (including phenoxy) is 2. The first-order valence-corrected chi connectivity index (χ1v) is 9.24. The molecular weight excluding hydrogens is 344 g/mol. The van der Waals surface area contributed by atoms with Gasteiger partial charge in [-0.15, -0.1) is 0 Å². The second kappa shape index (κ2) is 8.70. The van der Waals surface area contributed by atoms with Crippen molar-refractivity contribution in [1.29, 1.82) is 0 Å². The topological polar surface area (TPSA) is 85.4 Å². The van der Waals surface area contributed by atoms with Gasteiger partial charge in [0.2, 0.25) is 5.95 Å². The molecule has 0 atom stereocenters. The fraction of sp³-hybridized carbons (Fsp3) is 0.450. The van der Waals surface area contributed by atoms with Crippen LogP contribution in [-0.4, -0.2) is 36.1 Å². The van der Waals surface area contributed by atoms with Crippen LogP contribution < -0.4 is 20.1 Å². The number of hydrogen-bond acceptors (Lipinski definition) is 6. The highest BCUT2D eigenvalue weighted by Gasteiger charge is 2.18. The number of nitrogens with one attached hydrogen (secondary N) is 2. The standard InChI is InChI=1S/C20H26N4O3/c1-13-11-17(19(25)22-14-7-5-4-6-8-14)24-20(21-13)23-16-12-15(26-2)9-10-18(16)27-3/h9-12,14H,4-8H2,1-3H3,(H,22,25)(H,21,23,24). The van der Waals surface area contributed by atoms with Crippen molar-refractivity contribution >= 4 is 17.5 Å². The molecule has 1 fully saturated rings. The minimum absolute atomic E-state index is 0.159. The molecule has 0 radical (unpaired) electrons. The first-order valence-electron chi connectivity index (χ1n) is 9.24. The number of nitrogens with zero attached hydrogens (tertiary/aromatic N) is 2. The average molecular weight is 370 g/mol. The molecule has 144 valence electrons. The van der Waals surface area contributed by atoms with Gasteiger partial charge >= 0.3 is 0 Å². The van der Waals surface area contributed by atoms with Crippen LogP contribution in [0.5, 0.6) is 11.5 Å². The van der Waals surface area contributed by atoms with Gasteiger partial charge in [0.1, 0.15) is 17.2 Å². The van der Waals surface area contributed by atoms with E-state index in [4.69, 9.17) is 9.47 Å². The normalized spacial score (nSPS) is 14.5. The van der Waals surface area contributed by atoms with Crippen LogP contribution in [0.4, 0.5) is 11.6 Å². The Bertz CT molecular complexity index is 804. The Labute approximate surface area is 159 Å². The molecule has 1 aliphatic rings.